The van der Waals surface area contributed by atoms with E-state index in [1.165, 1.54) is 0 Å². The van der Waals surface area contributed by atoms with Crippen molar-refractivity contribution < 1.29 is 14.4 Å². The molecule has 1 aromatic rings. The number of carbonyl (C=O) groups is 1. The number of carboxylic acids is 1. The lowest BCUT2D eigenvalue weighted by atomic mass is 10.1. The van der Waals surface area contributed by atoms with Crippen LogP contribution in [0.3, 0.4) is 0 Å². The maximum atomic E-state index is 10.7. The summed E-state index contributed by atoms with van der Waals surface area (Å²) in [5.74, 6) is -0.173. The quantitative estimate of drug-likeness (QED) is 0.752. The van der Waals surface area contributed by atoms with Gasteiger partial charge in [-0.25, -0.2) is 0 Å². The molecule has 0 aliphatic rings. The zero-order valence-electron chi connectivity index (χ0n) is 8.50. The van der Waals surface area contributed by atoms with Crippen LogP contribution in [0.1, 0.15) is 25.3 Å². The lowest BCUT2D eigenvalue weighted by Crippen LogP contribution is -2.46. The number of nitrogens with one attached hydrogen (secondary N) is 1. The molecule has 0 atom stereocenters. The largest absolute Gasteiger partial charge is 0.480 e. The Bertz CT molecular complexity index is 331. The van der Waals surface area contributed by atoms with Gasteiger partial charge in [0.15, 0.2) is 0 Å². The molecule has 0 aliphatic heterocycles. The minimum absolute atomic E-state index is 0.386. The highest BCUT2D eigenvalue weighted by atomic mass is 16.5. The number of nitrogens with zero attached hydrogens (tertiary/aromatic N) is 1. The first-order valence-corrected chi connectivity index (χ1v) is 4.32. The first kappa shape index (κ1) is 10.7. The first-order valence-electron chi connectivity index (χ1n) is 4.32. The van der Waals surface area contributed by atoms with Gasteiger partial charge >= 0.3 is 5.97 Å². The third-order valence-corrected chi connectivity index (χ3v) is 1.92. The lowest BCUT2D eigenvalue weighted by molar-refractivity contribution is -0.143. The number of aromatic nitrogens is 1. The molecule has 1 heterocycles. The molecule has 0 spiro atoms. The molecule has 1 rings (SSSR count). The standard InChI is InChI=1S/C9H14N2O3/c1-6-4-7(11-14-6)5-10-9(2,3)8(12)13/h4,10H,5H2,1-3H3,(H,12,13). The van der Waals surface area contributed by atoms with Crippen LogP contribution in [0.15, 0.2) is 10.6 Å². The van der Waals surface area contributed by atoms with E-state index in [1.54, 1.807) is 26.8 Å². The van der Waals surface area contributed by atoms with Crippen molar-refractivity contribution in [2.75, 3.05) is 0 Å². The molecule has 0 aromatic carbocycles. The molecule has 0 saturated heterocycles. The molecule has 0 saturated carbocycles. The summed E-state index contributed by atoms with van der Waals surface area (Å²) in [4.78, 5) is 10.7. The van der Waals surface area contributed by atoms with Crippen molar-refractivity contribution in [2.24, 2.45) is 0 Å². The van der Waals surface area contributed by atoms with Gasteiger partial charge in [-0.1, -0.05) is 5.16 Å². The lowest BCUT2D eigenvalue weighted by Gasteiger charge is -2.19. The van der Waals surface area contributed by atoms with Crippen molar-refractivity contribution >= 4 is 5.97 Å². The molecule has 0 unspecified atom stereocenters. The second kappa shape index (κ2) is 3.79. The van der Waals surface area contributed by atoms with Gasteiger partial charge in [-0.05, 0) is 20.8 Å². The van der Waals surface area contributed by atoms with Crippen molar-refractivity contribution in [3.05, 3.63) is 17.5 Å². The van der Waals surface area contributed by atoms with Crippen LogP contribution in [0.5, 0.6) is 0 Å². The van der Waals surface area contributed by atoms with E-state index in [4.69, 9.17) is 9.63 Å². The van der Waals surface area contributed by atoms with E-state index in [0.717, 1.165) is 5.76 Å². The van der Waals surface area contributed by atoms with Gasteiger partial charge < -0.3 is 9.63 Å². The van der Waals surface area contributed by atoms with Crippen molar-refractivity contribution in [3.8, 4) is 0 Å². The molecule has 1 aromatic heterocycles. The summed E-state index contributed by atoms with van der Waals surface area (Å²) in [6.07, 6.45) is 0. The first-order chi connectivity index (χ1) is 6.42. The Kier molecular flexibility index (Phi) is 2.90. The zero-order valence-corrected chi connectivity index (χ0v) is 8.50. The molecule has 5 heteroatoms. The molecule has 0 radical (unpaired) electrons. The SMILES string of the molecule is Cc1cc(CNC(C)(C)C(=O)O)no1. The number of hydrogen-bond donors (Lipinski definition) is 2. The summed E-state index contributed by atoms with van der Waals surface area (Å²) in [6.45, 7) is 5.38. The monoisotopic (exact) mass is 198 g/mol. The highest BCUT2D eigenvalue weighted by Crippen LogP contribution is 2.06. The maximum absolute atomic E-state index is 10.7. The second-order valence-electron chi connectivity index (χ2n) is 3.71. The third-order valence-electron chi connectivity index (χ3n) is 1.92. The molecular weight excluding hydrogens is 184 g/mol. The van der Waals surface area contributed by atoms with Crippen molar-refractivity contribution in [3.63, 3.8) is 0 Å². The minimum Gasteiger partial charge on any atom is -0.480 e. The Hall–Kier alpha value is -1.36. The Morgan fingerprint density at radius 2 is 2.36 bits per heavy atom. The van der Waals surface area contributed by atoms with Crippen LogP contribution < -0.4 is 5.32 Å². The smallest absolute Gasteiger partial charge is 0.323 e. The molecule has 0 amide bonds. The second-order valence-corrected chi connectivity index (χ2v) is 3.71. The highest BCUT2D eigenvalue weighted by molar-refractivity contribution is 5.77. The molecule has 5 nitrogen and oxygen atoms in total. The van der Waals surface area contributed by atoms with Crippen molar-refractivity contribution in [2.45, 2.75) is 32.9 Å². The van der Waals surface area contributed by atoms with Gasteiger partial charge in [-0.2, -0.15) is 0 Å². The fraction of sp³-hybridized carbons (Fsp3) is 0.556. The van der Waals surface area contributed by atoms with E-state index >= 15 is 0 Å². The van der Waals surface area contributed by atoms with E-state index in [0.29, 0.717) is 12.2 Å². The van der Waals surface area contributed by atoms with Gasteiger partial charge in [-0.15, -0.1) is 0 Å². The fourth-order valence-corrected chi connectivity index (χ4v) is 0.888. The molecule has 0 bridgehead atoms. The molecule has 0 fully saturated rings. The van der Waals surface area contributed by atoms with Gasteiger partial charge in [0.1, 0.15) is 11.3 Å². The van der Waals surface area contributed by atoms with Crippen molar-refractivity contribution in [1.29, 1.82) is 0 Å². The fourth-order valence-electron chi connectivity index (χ4n) is 0.888. The topological polar surface area (TPSA) is 75.4 Å². The number of rotatable bonds is 4. The van der Waals surface area contributed by atoms with Gasteiger partial charge in [0.05, 0.1) is 5.69 Å². The molecule has 0 aliphatic carbocycles. The minimum atomic E-state index is -0.952. The Morgan fingerprint density at radius 1 is 1.71 bits per heavy atom. The Morgan fingerprint density at radius 3 is 2.79 bits per heavy atom. The van der Waals surface area contributed by atoms with E-state index in [1.807, 2.05) is 0 Å². The van der Waals surface area contributed by atoms with Gasteiger partial charge in [0.25, 0.3) is 0 Å². The van der Waals surface area contributed by atoms with Crippen LogP contribution in [0.4, 0.5) is 0 Å². The maximum Gasteiger partial charge on any atom is 0.323 e. The number of carboxylic acid groups (broad SMARTS) is 1. The molecule has 14 heavy (non-hydrogen) atoms. The summed E-state index contributed by atoms with van der Waals surface area (Å²) in [6, 6.07) is 1.77. The van der Waals surface area contributed by atoms with Gasteiger partial charge in [0.2, 0.25) is 0 Å². The predicted octanol–water partition coefficient (Wildman–Crippen LogP) is 0.936. The zero-order chi connectivity index (χ0) is 10.8. The number of aryl methyl sites for hydroxylation is 1. The van der Waals surface area contributed by atoms with E-state index in [2.05, 4.69) is 10.5 Å². The summed E-state index contributed by atoms with van der Waals surface area (Å²) >= 11 is 0. The summed E-state index contributed by atoms with van der Waals surface area (Å²) < 4.78 is 4.85. The average Bonchev–Trinajstić information content (AvgIpc) is 2.48. The highest BCUT2D eigenvalue weighted by Gasteiger charge is 2.26. The summed E-state index contributed by atoms with van der Waals surface area (Å²) in [5.41, 5.74) is -0.246. The van der Waals surface area contributed by atoms with E-state index in [9.17, 15) is 4.79 Å². The summed E-state index contributed by atoms with van der Waals surface area (Å²) in [7, 11) is 0. The van der Waals surface area contributed by atoms with Crippen LogP contribution in [-0.4, -0.2) is 21.8 Å². The average molecular weight is 198 g/mol. The van der Waals surface area contributed by atoms with E-state index in [-0.39, 0.29) is 0 Å². The van der Waals surface area contributed by atoms with Crippen LogP contribution in [0.25, 0.3) is 0 Å². The normalized spacial score (nSPS) is 11.6. The Balaban J connectivity index is 2.52. The van der Waals surface area contributed by atoms with Crippen molar-refractivity contribution in [1.82, 2.24) is 10.5 Å². The molecular formula is C9H14N2O3. The van der Waals surface area contributed by atoms with Crippen LogP contribution in [0, 0.1) is 6.92 Å². The number of hydrogen-bond acceptors (Lipinski definition) is 4. The third kappa shape index (κ3) is 2.56. The van der Waals surface area contributed by atoms with Crippen LogP contribution >= 0.6 is 0 Å². The van der Waals surface area contributed by atoms with Gasteiger partial charge in [0, 0.05) is 12.6 Å². The Labute approximate surface area is 82.1 Å². The van der Waals surface area contributed by atoms with Gasteiger partial charge in [-0.3, -0.25) is 10.1 Å². The van der Waals surface area contributed by atoms with E-state index < -0.39 is 11.5 Å². The molecule has 78 valence electrons. The summed E-state index contributed by atoms with van der Waals surface area (Å²) in [5, 5.41) is 15.4. The van der Waals surface area contributed by atoms with Crippen LogP contribution in [-0.2, 0) is 11.3 Å². The predicted molar refractivity (Wildman–Crippen MR) is 49.8 cm³/mol. The molecule has 2 N–H and O–H groups in total. The number of aliphatic carboxylic acids is 1. The van der Waals surface area contributed by atoms with Crippen LogP contribution in [0.2, 0.25) is 0 Å².